The summed E-state index contributed by atoms with van der Waals surface area (Å²) in [6, 6.07) is 0. The minimum absolute atomic E-state index is 0. The van der Waals surface area contributed by atoms with Crippen molar-refractivity contribution < 1.29 is 42.5 Å². The maximum absolute atomic E-state index is 9.33. The minimum atomic E-state index is -4.15. The first-order chi connectivity index (χ1) is 2.56. The summed E-state index contributed by atoms with van der Waals surface area (Å²) < 4.78 is 28.0. The Morgan fingerprint density at radius 2 is 1.71 bits per heavy atom. The third-order valence-electron chi connectivity index (χ3n) is 0.204. The van der Waals surface area contributed by atoms with Gasteiger partial charge in [-0.2, -0.15) is 0 Å². The fourth-order valence-corrected chi connectivity index (χ4v) is 0. The smallest absolute Gasteiger partial charge is 0.745 e. The second-order valence-corrected chi connectivity index (χ2v) is 1.98. The molecule has 0 aliphatic heterocycles. The second-order valence-electron chi connectivity index (χ2n) is 0.659. The van der Waals surface area contributed by atoms with Gasteiger partial charge in [-0.15, -0.1) is 0 Å². The Morgan fingerprint density at radius 3 is 1.71 bits per heavy atom. The molecule has 0 heterocycles. The maximum atomic E-state index is 9.33. The normalized spacial score (nSPS) is 9.29. The Hall–Kier alpha value is 0.650. The first-order valence-electron chi connectivity index (χ1n) is 1.14. The van der Waals surface area contributed by atoms with Crippen molar-refractivity contribution >= 4 is 10.1 Å². The van der Waals surface area contributed by atoms with Crippen molar-refractivity contribution in [1.82, 2.24) is 0 Å². The van der Waals surface area contributed by atoms with E-state index in [4.69, 9.17) is 0 Å². The molecule has 7 heavy (non-hydrogen) atoms. The molecule has 0 saturated heterocycles. The van der Waals surface area contributed by atoms with Crippen molar-refractivity contribution in [3.05, 3.63) is 12.0 Å². The first kappa shape index (κ1) is 10.6. The van der Waals surface area contributed by atoms with Gasteiger partial charge in [0.25, 0.3) is 0 Å². The molecular formula is C2H3NaO3S. The zero-order valence-electron chi connectivity index (χ0n) is 3.92. The fourth-order valence-electron chi connectivity index (χ4n) is 0. The Bertz CT molecular complexity index is 123. The van der Waals surface area contributed by atoms with Gasteiger partial charge in [-0.1, -0.05) is 6.58 Å². The Labute approximate surface area is 64.5 Å². The molecule has 0 radical (unpaired) electrons. The molecule has 0 aliphatic rings. The number of hydrogen-bond donors (Lipinski definition) is 0. The summed E-state index contributed by atoms with van der Waals surface area (Å²) in [5, 5.41) is 0.354. The zero-order chi connectivity index (χ0) is 5.21. The predicted octanol–water partition coefficient (Wildman–Crippen LogP) is -3.32. The molecule has 0 aromatic heterocycles. The van der Waals surface area contributed by atoms with E-state index in [0.717, 1.165) is 0 Å². The molecule has 0 aromatic rings. The predicted molar refractivity (Wildman–Crippen MR) is 19.9 cm³/mol. The molecule has 0 aliphatic carbocycles. The van der Waals surface area contributed by atoms with Gasteiger partial charge in [0.1, 0.15) is 10.1 Å². The number of hydrogen-bond acceptors (Lipinski definition) is 3. The van der Waals surface area contributed by atoms with E-state index in [0.29, 0.717) is 5.41 Å². The van der Waals surface area contributed by atoms with Crippen molar-refractivity contribution in [2.24, 2.45) is 0 Å². The van der Waals surface area contributed by atoms with E-state index in [9.17, 15) is 13.0 Å². The third kappa shape index (κ3) is 10.8. The van der Waals surface area contributed by atoms with Gasteiger partial charge in [0.2, 0.25) is 0 Å². The van der Waals surface area contributed by atoms with Gasteiger partial charge in [-0.25, -0.2) is 8.42 Å². The van der Waals surface area contributed by atoms with Crippen LogP contribution in [0.15, 0.2) is 12.0 Å². The molecule has 0 fully saturated rings. The van der Waals surface area contributed by atoms with Crippen LogP contribution in [0.2, 0.25) is 0 Å². The van der Waals surface area contributed by atoms with Gasteiger partial charge < -0.3 is 4.55 Å². The minimum Gasteiger partial charge on any atom is -0.745 e. The van der Waals surface area contributed by atoms with Gasteiger partial charge >= 0.3 is 29.6 Å². The Balaban J connectivity index is 0. The van der Waals surface area contributed by atoms with Gasteiger partial charge in [0, 0.05) is 5.41 Å². The van der Waals surface area contributed by atoms with Crippen LogP contribution < -0.4 is 29.6 Å². The largest absolute Gasteiger partial charge is 1.00 e. The number of rotatable bonds is 1. The zero-order valence-corrected chi connectivity index (χ0v) is 6.73. The summed E-state index contributed by atoms with van der Waals surface area (Å²) in [6.45, 7) is 2.73. The quantitative estimate of drug-likeness (QED) is 0.275. The van der Waals surface area contributed by atoms with Gasteiger partial charge in [0.05, 0.1) is 0 Å². The molecule has 0 unspecified atom stereocenters. The summed E-state index contributed by atoms with van der Waals surface area (Å²) in [5.74, 6) is 0. The van der Waals surface area contributed by atoms with Crippen molar-refractivity contribution in [2.45, 2.75) is 0 Å². The van der Waals surface area contributed by atoms with Crippen LogP contribution in [0.5, 0.6) is 0 Å². The van der Waals surface area contributed by atoms with E-state index in [1.165, 1.54) is 0 Å². The van der Waals surface area contributed by atoms with E-state index >= 15 is 0 Å². The summed E-state index contributed by atoms with van der Waals surface area (Å²) in [6.07, 6.45) is 0. The van der Waals surface area contributed by atoms with Crippen LogP contribution in [0, 0.1) is 0 Å². The standard InChI is InChI=1S/C2H4O3S.Na/c1-2-6(3,4)5;/h2H,1H2,(H,3,4,5);/q;+1/p-1. The van der Waals surface area contributed by atoms with Crippen molar-refractivity contribution in [3.8, 4) is 0 Å². The molecule has 0 bridgehead atoms. The molecule has 0 saturated carbocycles. The molecule has 0 N–H and O–H groups in total. The third-order valence-corrected chi connectivity index (χ3v) is 0.612. The molecule has 0 aromatic carbocycles. The summed E-state index contributed by atoms with van der Waals surface area (Å²) >= 11 is 0. The van der Waals surface area contributed by atoms with E-state index in [2.05, 4.69) is 6.58 Å². The van der Waals surface area contributed by atoms with Crippen molar-refractivity contribution in [3.63, 3.8) is 0 Å². The fraction of sp³-hybridized carbons (Fsp3) is 0. The van der Waals surface area contributed by atoms with Crippen LogP contribution in [0.1, 0.15) is 0 Å². The van der Waals surface area contributed by atoms with Crippen LogP contribution in [0.3, 0.4) is 0 Å². The van der Waals surface area contributed by atoms with E-state index in [1.54, 1.807) is 0 Å². The molecule has 0 atom stereocenters. The second kappa shape index (κ2) is 3.63. The van der Waals surface area contributed by atoms with Crippen LogP contribution in [-0.4, -0.2) is 13.0 Å². The van der Waals surface area contributed by atoms with Crippen molar-refractivity contribution in [1.29, 1.82) is 0 Å². The molecule has 0 amide bonds. The topological polar surface area (TPSA) is 57.2 Å². The van der Waals surface area contributed by atoms with Crippen LogP contribution >= 0.6 is 0 Å². The van der Waals surface area contributed by atoms with Crippen LogP contribution in [-0.2, 0) is 10.1 Å². The van der Waals surface area contributed by atoms with Gasteiger partial charge in [-0.05, 0) is 0 Å². The SMILES string of the molecule is C=CS(=O)(=O)[O-].[Na+]. The van der Waals surface area contributed by atoms with Gasteiger partial charge in [0.15, 0.2) is 0 Å². The van der Waals surface area contributed by atoms with Gasteiger partial charge in [-0.3, -0.25) is 0 Å². The van der Waals surface area contributed by atoms with Crippen molar-refractivity contribution in [2.75, 3.05) is 0 Å². The average Bonchev–Trinajstić information content (AvgIpc) is 1.35. The molecule has 5 heteroatoms. The van der Waals surface area contributed by atoms with E-state index < -0.39 is 10.1 Å². The van der Waals surface area contributed by atoms with Crippen LogP contribution in [0.25, 0.3) is 0 Å². The maximum Gasteiger partial charge on any atom is 1.00 e. The molecule has 0 spiro atoms. The van der Waals surface area contributed by atoms with E-state index in [1.807, 2.05) is 0 Å². The summed E-state index contributed by atoms with van der Waals surface area (Å²) in [5.41, 5.74) is 0. The molecule has 36 valence electrons. The Kier molecular flexibility index (Phi) is 5.49. The van der Waals surface area contributed by atoms with E-state index in [-0.39, 0.29) is 29.6 Å². The Morgan fingerprint density at radius 1 is 1.57 bits per heavy atom. The monoisotopic (exact) mass is 130 g/mol. The summed E-state index contributed by atoms with van der Waals surface area (Å²) in [4.78, 5) is 0. The average molecular weight is 130 g/mol. The molecule has 3 nitrogen and oxygen atoms in total. The first-order valence-corrected chi connectivity index (χ1v) is 2.62. The van der Waals surface area contributed by atoms with Crippen LogP contribution in [0.4, 0.5) is 0 Å². The molecular weight excluding hydrogens is 127 g/mol. The summed E-state index contributed by atoms with van der Waals surface area (Å²) in [7, 11) is -4.15. The molecule has 0 rings (SSSR count).